The van der Waals surface area contributed by atoms with Crippen LogP contribution < -0.4 is 5.32 Å². The Kier molecular flexibility index (Phi) is 5.02. The number of nitrogens with one attached hydrogen (secondary N) is 1. The molecule has 0 aromatic heterocycles. The van der Waals surface area contributed by atoms with E-state index in [-0.39, 0.29) is 11.4 Å². The molecule has 0 saturated heterocycles. The van der Waals surface area contributed by atoms with Crippen molar-refractivity contribution in [3.05, 3.63) is 29.6 Å². The molecule has 0 amide bonds. The van der Waals surface area contributed by atoms with Crippen LogP contribution in [0.15, 0.2) is 23.1 Å². The normalized spacial score (nSPS) is 12.2. The average Bonchev–Trinajstić information content (AvgIpc) is 2.17. The van der Waals surface area contributed by atoms with E-state index in [2.05, 4.69) is 39.9 Å². The lowest BCUT2D eigenvalue weighted by Gasteiger charge is -2.20. The van der Waals surface area contributed by atoms with Gasteiger partial charge in [0, 0.05) is 22.2 Å². The van der Waals surface area contributed by atoms with Crippen molar-refractivity contribution in [1.82, 2.24) is 5.32 Å². The molecule has 0 spiro atoms. The summed E-state index contributed by atoms with van der Waals surface area (Å²) < 4.78 is 13.8. The molecule has 96 valence electrons. The van der Waals surface area contributed by atoms with Crippen molar-refractivity contribution in [1.29, 1.82) is 0 Å². The van der Waals surface area contributed by atoms with Gasteiger partial charge >= 0.3 is 0 Å². The summed E-state index contributed by atoms with van der Waals surface area (Å²) in [6.07, 6.45) is 0. The zero-order valence-electron chi connectivity index (χ0n) is 11.3. The molecule has 0 unspecified atom stereocenters. The molecule has 3 heteroatoms. The monoisotopic (exact) mass is 255 g/mol. The highest BCUT2D eigenvalue weighted by molar-refractivity contribution is 7.99. The molecular weight excluding hydrogens is 233 g/mol. The number of thioether (sulfide) groups is 1. The van der Waals surface area contributed by atoms with Crippen LogP contribution in [0.3, 0.4) is 0 Å². The van der Waals surface area contributed by atoms with Gasteiger partial charge in [0.1, 0.15) is 5.82 Å². The lowest BCUT2D eigenvalue weighted by atomic mass is 10.1. The van der Waals surface area contributed by atoms with E-state index in [1.165, 1.54) is 0 Å². The van der Waals surface area contributed by atoms with E-state index < -0.39 is 0 Å². The van der Waals surface area contributed by atoms with Crippen LogP contribution in [0.4, 0.5) is 4.39 Å². The zero-order valence-corrected chi connectivity index (χ0v) is 12.1. The van der Waals surface area contributed by atoms with Gasteiger partial charge in [-0.2, -0.15) is 0 Å². The number of hydrogen-bond acceptors (Lipinski definition) is 2. The second-order valence-electron chi connectivity index (χ2n) is 5.53. The first kappa shape index (κ1) is 14.5. The van der Waals surface area contributed by atoms with Crippen LogP contribution >= 0.6 is 11.8 Å². The van der Waals surface area contributed by atoms with Crippen molar-refractivity contribution in [3.63, 3.8) is 0 Å². The van der Waals surface area contributed by atoms with Crippen molar-refractivity contribution in [2.75, 3.05) is 0 Å². The van der Waals surface area contributed by atoms with Crippen LogP contribution in [0.2, 0.25) is 0 Å². The molecule has 0 aliphatic heterocycles. The second kappa shape index (κ2) is 5.87. The third-order valence-corrected chi connectivity index (χ3v) is 3.24. The van der Waals surface area contributed by atoms with E-state index in [1.54, 1.807) is 17.8 Å². The first-order chi connectivity index (χ1) is 7.78. The topological polar surface area (TPSA) is 12.0 Å². The highest BCUT2D eigenvalue weighted by Crippen LogP contribution is 2.26. The Balaban J connectivity index is 2.68. The Labute approximate surface area is 108 Å². The maximum Gasteiger partial charge on any atom is 0.137 e. The summed E-state index contributed by atoms with van der Waals surface area (Å²) in [5, 5.41) is 3.76. The van der Waals surface area contributed by atoms with Gasteiger partial charge in [0.15, 0.2) is 0 Å². The summed E-state index contributed by atoms with van der Waals surface area (Å²) in [5.41, 5.74) is 1.05. The van der Waals surface area contributed by atoms with Gasteiger partial charge in [0.05, 0.1) is 0 Å². The van der Waals surface area contributed by atoms with Crippen LogP contribution in [-0.2, 0) is 6.54 Å². The van der Waals surface area contributed by atoms with Gasteiger partial charge in [-0.05, 0) is 38.5 Å². The number of rotatable bonds is 4. The predicted octanol–water partition coefficient (Wildman–Crippen LogP) is 4.21. The van der Waals surface area contributed by atoms with Crippen molar-refractivity contribution in [2.24, 2.45) is 0 Å². The van der Waals surface area contributed by atoms with Crippen LogP contribution in [0, 0.1) is 5.82 Å². The van der Waals surface area contributed by atoms with Crippen molar-refractivity contribution < 1.29 is 4.39 Å². The molecule has 0 aliphatic carbocycles. The molecule has 17 heavy (non-hydrogen) atoms. The fourth-order valence-corrected chi connectivity index (χ4v) is 2.20. The fraction of sp³-hybridized carbons (Fsp3) is 0.571. The van der Waals surface area contributed by atoms with Gasteiger partial charge in [0.2, 0.25) is 0 Å². The lowest BCUT2D eigenvalue weighted by molar-refractivity contribution is 0.423. The van der Waals surface area contributed by atoms with E-state index in [9.17, 15) is 4.39 Å². The van der Waals surface area contributed by atoms with E-state index in [0.717, 1.165) is 10.5 Å². The standard InChI is InChI=1S/C14H22FNS/c1-10(2)17-13-7-6-11(8-12(13)15)9-16-14(3,4)5/h6-8,10,16H,9H2,1-5H3. The molecule has 0 atom stereocenters. The van der Waals surface area contributed by atoms with Crippen LogP contribution in [0.5, 0.6) is 0 Å². The minimum Gasteiger partial charge on any atom is -0.308 e. The highest BCUT2D eigenvalue weighted by Gasteiger charge is 2.10. The molecule has 1 rings (SSSR count). The summed E-state index contributed by atoms with van der Waals surface area (Å²) in [4.78, 5) is 0.736. The third kappa shape index (κ3) is 5.55. The SMILES string of the molecule is CC(C)Sc1ccc(CNC(C)(C)C)cc1F. The van der Waals surface area contributed by atoms with Crippen molar-refractivity contribution in [3.8, 4) is 0 Å². The maximum absolute atomic E-state index is 13.8. The molecule has 0 saturated carbocycles. The summed E-state index contributed by atoms with van der Waals surface area (Å²) >= 11 is 1.56. The summed E-state index contributed by atoms with van der Waals surface area (Å²) in [7, 11) is 0. The molecule has 0 bridgehead atoms. The van der Waals surface area contributed by atoms with E-state index >= 15 is 0 Å². The van der Waals surface area contributed by atoms with Crippen LogP contribution in [0.1, 0.15) is 40.2 Å². The van der Waals surface area contributed by atoms with Gasteiger partial charge in [-0.15, -0.1) is 11.8 Å². The molecule has 1 aromatic rings. The van der Waals surface area contributed by atoms with Gasteiger partial charge in [-0.3, -0.25) is 0 Å². The van der Waals surface area contributed by atoms with Crippen LogP contribution in [0.25, 0.3) is 0 Å². The van der Waals surface area contributed by atoms with Gasteiger partial charge in [-0.1, -0.05) is 19.9 Å². The smallest absolute Gasteiger partial charge is 0.137 e. The zero-order chi connectivity index (χ0) is 13.1. The Hall–Kier alpha value is -0.540. The van der Waals surface area contributed by atoms with E-state index in [1.807, 2.05) is 12.1 Å². The highest BCUT2D eigenvalue weighted by atomic mass is 32.2. The van der Waals surface area contributed by atoms with Gasteiger partial charge < -0.3 is 5.32 Å². The number of benzene rings is 1. The molecule has 0 heterocycles. The summed E-state index contributed by atoms with van der Waals surface area (Å²) in [5.74, 6) is -0.114. The molecule has 0 fully saturated rings. The Bertz CT molecular complexity index is 369. The average molecular weight is 255 g/mol. The number of hydrogen-bond donors (Lipinski definition) is 1. The molecule has 0 radical (unpaired) electrons. The predicted molar refractivity (Wildman–Crippen MR) is 74.0 cm³/mol. The quantitative estimate of drug-likeness (QED) is 0.809. The second-order valence-corrected chi connectivity index (χ2v) is 7.15. The van der Waals surface area contributed by atoms with Gasteiger partial charge in [0.25, 0.3) is 0 Å². The maximum atomic E-state index is 13.8. The first-order valence-electron chi connectivity index (χ1n) is 5.98. The van der Waals surface area contributed by atoms with Crippen LogP contribution in [-0.4, -0.2) is 10.8 Å². The Morgan fingerprint density at radius 3 is 2.41 bits per heavy atom. The summed E-state index contributed by atoms with van der Waals surface area (Å²) in [6.45, 7) is 11.1. The van der Waals surface area contributed by atoms with Crippen molar-refractivity contribution >= 4 is 11.8 Å². The Morgan fingerprint density at radius 2 is 1.94 bits per heavy atom. The van der Waals surface area contributed by atoms with Crippen molar-refractivity contribution in [2.45, 2.75) is 56.8 Å². The summed E-state index contributed by atoms with van der Waals surface area (Å²) in [6, 6.07) is 5.50. The lowest BCUT2D eigenvalue weighted by Crippen LogP contribution is -2.35. The minimum absolute atomic E-state index is 0.0574. The number of halogens is 1. The molecule has 0 aliphatic rings. The van der Waals surface area contributed by atoms with E-state index in [0.29, 0.717) is 11.8 Å². The molecule has 1 nitrogen and oxygen atoms in total. The minimum atomic E-state index is -0.114. The van der Waals surface area contributed by atoms with Gasteiger partial charge in [-0.25, -0.2) is 4.39 Å². The molecule has 1 aromatic carbocycles. The van der Waals surface area contributed by atoms with E-state index in [4.69, 9.17) is 0 Å². The largest absolute Gasteiger partial charge is 0.308 e. The molecular formula is C14H22FNS. The first-order valence-corrected chi connectivity index (χ1v) is 6.86. The molecule has 1 N–H and O–H groups in total. The third-order valence-electron chi connectivity index (χ3n) is 2.18. The Morgan fingerprint density at radius 1 is 1.29 bits per heavy atom. The fourth-order valence-electron chi connectivity index (χ4n) is 1.37.